The molecule has 0 saturated heterocycles. The number of rotatable bonds is 6. The highest BCUT2D eigenvalue weighted by Crippen LogP contribution is 2.45. The number of nitrogens with zero attached hydrogens (tertiary/aromatic N) is 1. The quantitative estimate of drug-likeness (QED) is 0.187. The maximum Gasteiger partial charge on any atom is 0.357 e. The summed E-state index contributed by atoms with van der Waals surface area (Å²) in [4.78, 5) is 47.9. The lowest BCUT2D eigenvalue weighted by atomic mass is 9.92. The second-order valence-electron chi connectivity index (χ2n) is 9.22. The number of carbonyl (C=O) groups is 3. The Bertz CT molecular complexity index is 1860. The van der Waals surface area contributed by atoms with Crippen LogP contribution in [0.15, 0.2) is 64.6 Å². The number of esters is 1. The molecule has 9 nitrogen and oxygen atoms in total. The molecule has 0 atom stereocenters. The number of H-pyrrole nitrogens is 1. The van der Waals surface area contributed by atoms with Crippen LogP contribution in [0.5, 0.6) is 5.75 Å². The lowest BCUT2D eigenvalue weighted by molar-refractivity contribution is 0.0594. The third-order valence-corrected chi connectivity index (χ3v) is 8.63. The van der Waals surface area contributed by atoms with Crippen molar-refractivity contribution in [2.45, 2.75) is 13.5 Å². The number of nitrogens with one attached hydrogen (secondary N) is 3. The smallest absolute Gasteiger partial charge is 0.357 e. The zero-order chi connectivity index (χ0) is 28.7. The number of amides is 2. The molecule has 41 heavy (non-hydrogen) atoms. The molecule has 4 heterocycles. The molecule has 0 radical (unpaired) electrons. The van der Waals surface area contributed by atoms with Crippen molar-refractivity contribution in [3.8, 4) is 27.3 Å². The van der Waals surface area contributed by atoms with Gasteiger partial charge in [-0.3, -0.25) is 9.59 Å². The molecule has 1 aliphatic rings. The van der Waals surface area contributed by atoms with Gasteiger partial charge in [0, 0.05) is 56.3 Å². The highest BCUT2D eigenvalue weighted by molar-refractivity contribution is 9.10. The van der Waals surface area contributed by atoms with E-state index in [9.17, 15) is 14.4 Å². The molecule has 5 aromatic rings. The first-order chi connectivity index (χ1) is 19.9. The van der Waals surface area contributed by atoms with Gasteiger partial charge in [0.05, 0.1) is 17.3 Å². The van der Waals surface area contributed by atoms with Crippen molar-refractivity contribution in [1.82, 2.24) is 15.3 Å². The number of methoxy groups -OCH3 is 1. The molecule has 0 unspecified atom stereocenters. The molecule has 11 heteroatoms. The molecule has 3 N–H and O–H groups in total. The lowest BCUT2D eigenvalue weighted by Crippen LogP contribution is -2.25. The average molecular weight is 632 g/mol. The van der Waals surface area contributed by atoms with Crippen LogP contribution in [0.1, 0.15) is 43.8 Å². The van der Waals surface area contributed by atoms with Crippen LogP contribution in [-0.4, -0.2) is 41.4 Å². The van der Waals surface area contributed by atoms with Crippen molar-refractivity contribution in [2.24, 2.45) is 0 Å². The number of thiophene rings is 1. The summed E-state index contributed by atoms with van der Waals surface area (Å²) >= 11 is 5.18. The Morgan fingerprint density at radius 2 is 1.93 bits per heavy atom. The predicted octanol–water partition coefficient (Wildman–Crippen LogP) is 6.40. The van der Waals surface area contributed by atoms with E-state index in [0.717, 1.165) is 31.4 Å². The van der Waals surface area contributed by atoms with Crippen LogP contribution in [0.2, 0.25) is 0 Å². The Morgan fingerprint density at radius 3 is 2.73 bits per heavy atom. The first kappa shape index (κ1) is 26.7. The van der Waals surface area contributed by atoms with Gasteiger partial charge >= 0.3 is 5.97 Å². The van der Waals surface area contributed by atoms with Crippen molar-refractivity contribution >= 4 is 61.6 Å². The summed E-state index contributed by atoms with van der Waals surface area (Å²) in [6.45, 7) is 2.58. The van der Waals surface area contributed by atoms with Gasteiger partial charge in [-0.15, -0.1) is 11.3 Å². The molecular formula is C30H23BrN4O5S. The zero-order valence-electron chi connectivity index (χ0n) is 22.0. The van der Waals surface area contributed by atoms with E-state index in [2.05, 4.69) is 36.5 Å². The van der Waals surface area contributed by atoms with Crippen molar-refractivity contribution in [3.05, 3.63) is 87.1 Å². The summed E-state index contributed by atoms with van der Waals surface area (Å²) in [6, 6.07) is 14.2. The number of benzene rings is 2. The van der Waals surface area contributed by atoms with E-state index in [1.807, 2.05) is 35.8 Å². The molecule has 0 aliphatic carbocycles. The number of carbonyl (C=O) groups excluding carboxylic acids is 3. The van der Waals surface area contributed by atoms with Gasteiger partial charge in [-0.2, -0.15) is 0 Å². The number of aromatic nitrogens is 2. The molecule has 2 aromatic carbocycles. The summed E-state index contributed by atoms with van der Waals surface area (Å²) < 4.78 is 11.8. The first-order valence-corrected chi connectivity index (χ1v) is 14.4. The normalized spacial score (nSPS) is 11.8. The summed E-state index contributed by atoms with van der Waals surface area (Å²) in [6.07, 6.45) is 1.83. The Labute approximate surface area is 247 Å². The van der Waals surface area contributed by atoms with E-state index < -0.39 is 17.8 Å². The van der Waals surface area contributed by atoms with Gasteiger partial charge in [0.2, 0.25) is 0 Å². The standard InChI is InChI=1S/C30H23BrN4O5S/c1-3-32-29(37)23-5-4-16(26(34-23)30(38)39-2)18-13-24-20(27-15(14-40-24)9-11-41-27)12-19(18)28(36)35-22-7-6-21-17(25(22)31)8-10-33-21/h4-13,33H,3,14H2,1-2H3,(H,32,37)(H,35,36). The van der Waals surface area contributed by atoms with Gasteiger partial charge < -0.3 is 25.1 Å². The van der Waals surface area contributed by atoms with E-state index in [4.69, 9.17) is 9.47 Å². The van der Waals surface area contributed by atoms with Crippen LogP contribution < -0.4 is 15.4 Å². The molecule has 0 bridgehead atoms. The number of halogens is 1. The third-order valence-electron chi connectivity index (χ3n) is 6.79. The van der Waals surface area contributed by atoms with Crippen LogP contribution in [-0.2, 0) is 11.3 Å². The summed E-state index contributed by atoms with van der Waals surface area (Å²) in [7, 11) is 1.24. The molecule has 2 amide bonds. The monoisotopic (exact) mass is 630 g/mol. The summed E-state index contributed by atoms with van der Waals surface area (Å²) in [5.41, 5.74) is 4.33. The van der Waals surface area contributed by atoms with Gasteiger partial charge in [-0.1, -0.05) is 0 Å². The summed E-state index contributed by atoms with van der Waals surface area (Å²) in [5.74, 6) is -0.987. The Kier molecular flexibility index (Phi) is 7.06. The second kappa shape index (κ2) is 10.8. The molecule has 1 aliphatic heterocycles. The van der Waals surface area contributed by atoms with Crippen LogP contribution in [0.25, 0.3) is 32.5 Å². The predicted molar refractivity (Wildman–Crippen MR) is 161 cm³/mol. The molecule has 3 aromatic heterocycles. The van der Waals surface area contributed by atoms with Crippen molar-refractivity contribution < 1.29 is 23.9 Å². The molecule has 0 saturated carbocycles. The zero-order valence-corrected chi connectivity index (χ0v) is 24.4. The molecule has 206 valence electrons. The number of hydrogen-bond donors (Lipinski definition) is 3. The summed E-state index contributed by atoms with van der Waals surface area (Å²) in [5, 5.41) is 8.60. The second-order valence-corrected chi connectivity index (χ2v) is 10.9. The van der Waals surface area contributed by atoms with Gasteiger partial charge in [0.1, 0.15) is 18.1 Å². The molecular weight excluding hydrogens is 608 g/mol. The fraction of sp³-hybridized carbons (Fsp3) is 0.133. The number of anilines is 1. The minimum absolute atomic E-state index is 0.0585. The SMILES string of the molecule is CCNC(=O)c1ccc(-c2cc3c(cc2C(=O)Nc2ccc4[nH]ccc4c2Br)-c2sccc2CO3)c(C(=O)OC)n1. The Hall–Kier alpha value is -4.48. The number of pyridine rings is 1. The van der Waals surface area contributed by atoms with Gasteiger partial charge in [0.15, 0.2) is 5.69 Å². The highest BCUT2D eigenvalue weighted by Gasteiger charge is 2.28. The number of fused-ring (bicyclic) bond motifs is 4. The van der Waals surface area contributed by atoms with E-state index in [1.165, 1.54) is 13.2 Å². The molecule has 6 rings (SSSR count). The van der Waals surface area contributed by atoms with E-state index in [-0.39, 0.29) is 11.4 Å². The maximum atomic E-state index is 14.0. The van der Waals surface area contributed by atoms with Gasteiger partial charge in [0.25, 0.3) is 11.8 Å². The average Bonchev–Trinajstić information content (AvgIpc) is 3.68. The van der Waals surface area contributed by atoms with Crippen molar-refractivity contribution in [1.29, 1.82) is 0 Å². The molecule has 0 spiro atoms. The van der Waals surface area contributed by atoms with E-state index in [1.54, 1.807) is 36.5 Å². The highest BCUT2D eigenvalue weighted by atomic mass is 79.9. The van der Waals surface area contributed by atoms with Crippen molar-refractivity contribution in [2.75, 3.05) is 19.0 Å². The fourth-order valence-corrected chi connectivity index (χ4v) is 6.33. The molecule has 0 fully saturated rings. The first-order valence-electron chi connectivity index (χ1n) is 12.7. The number of ether oxygens (including phenoxy) is 2. The lowest BCUT2D eigenvalue weighted by Gasteiger charge is -2.22. The van der Waals surface area contributed by atoms with Gasteiger partial charge in [-0.25, -0.2) is 9.78 Å². The van der Waals surface area contributed by atoms with Crippen molar-refractivity contribution in [3.63, 3.8) is 0 Å². The van der Waals surface area contributed by atoms with Crippen LogP contribution >= 0.6 is 27.3 Å². The largest absolute Gasteiger partial charge is 0.488 e. The topological polar surface area (TPSA) is 122 Å². The maximum absolute atomic E-state index is 14.0. The Balaban J connectivity index is 1.52. The minimum atomic E-state index is -0.739. The third kappa shape index (κ3) is 4.76. The van der Waals surface area contributed by atoms with Gasteiger partial charge in [-0.05, 0) is 76.8 Å². The van der Waals surface area contributed by atoms with Crippen LogP contribution in [0.3, 0.4) is 0 Å². The van der Waals surface area contributed by atoms with Crippen LogP contribution in [0.4, 0.5) is 5.69 Å². The minimum Gasteiger partial charge on any atom is -0.488 e. The Morgan fingerprint density at radius 1 is 1.07 bits per heavy atom. The fourth-order valence-electron chi connectivity index (χ4n) is 4.82. The number of aromatic amines is 1. The van der Waals surface area contributed by atoms with E-state index >= 15 is 0 Å². The van der Waals surface area contributed by atoms with E-state index in [0.29, 0.717) is 41.3 Å². The van der Waals surface area contributed by atoms with Crippen LogP contribution in [0, 0.1) is 0 Å². The number of hydrogen-bond acceptors (Lipinski definition) is 7.